The fourth-order valence-corrected chi connectivity index (χ4v) is 3.31. The molecule has 1 amide bonds. The summed E-state index contributed by atoms with van der Waals surface area (Å²) in [6.07, 6.45) is 1.52. The van der Waals surface area contributed by atoms with E-state index in [1.807, 2.05) is 42.5 Å². The van der Waals surface area contributed by atoms with Crippen LogP contribution in [0.25, 0.3) is 6.08 Å². The summed E-state index contributed by atoms with van der Waals surface area (Å²) in [7, 11) is 1.56. The Morgan fingerprint density at radius 2 is 1.81 bits per heavy atom. The summed E-state index contributed by atoms with van der Waals surface area (Å²) in [6, 6.07) is 22.4. The molecule has 31 heavy (non-hydrogen) atoms. The quantitative estimate of drug-likeness (QED) is 0.203. The Bertz CT molecular complexity index is 1140. The van der Waals surface area contributed by atoms with Crippen LogP contribution < -0.4 is 14.8 Å². The lowest BCUT2D eigenvalue weighted by Crippen LogP contribution is -2.13. The van der Waals surface area contributed by atoms with Crippen molar-refractivity contribution in [1.82, 2.24) is 0 Å². The molecule has 0 radical (unpaired) electrons. The zero-order valence-electron chi connectivity index (χ0n) is 16.6. The first-order valence-corrected chi connectivity index (χ1v) is 11.1. The van der Waals surface area contributed by atoms with E-state index in [4.69, 9.17) is 9.47 Å². The van der Waals surface area contributed by atoms with Crippen molar-refractivity contribution in [3.63, 3.8) is 0 Å². The molecule has 0 saturated carbocycles. The second-order valence-electron chi connectivity index (χ2n) is 6.46. The van der Waals surface area contributed by atoms with E-state index in [-0.39, 0.29) is 5.57 Å². The molecular weight excluding hydrogens is 571 g/mol. The molecule has 0 aromatic heterocycles. The molecule has 0 heterocycles. The summed E-state index contributed by atoms with van der Waals surface area (Å²) >= 11 is 5.60. The molecule has 0 spiro atoms. The number of anilines is 1. The van der Waals surface area contributed by atoms with Gasteiger partial charge in [-0.1, -0.05) is 34.1 Å². The first-order chi connectivity index (χ1) is 15.0. The van der Waals surface area contributed by atoms with Crippen molar-refractivity contribution in [2.24, 2.45) is 0 Å². The average molecular weight is 589 g/mol. The molecule has 0 unspecified atom stereocenters. The Balaban J connectivity index is 1.78. The largest absolute Gasteiger partial charge is 0.493 e. The van der Waals surface area contributed by atoms with E-state index >= 15 is 0 Å². The molecule has 0 fully saturated rings. The highest BCUT2D eigenvalue weighted by Gasteiger charge is 2.11. The van der Waals surface area contributed by atoms with Gasteiger partial charge in [-0.2, -0.15) is 5.26 Å². The van der Waals surface area contributed by atoms with Crippen molar-refractivity contribution in [3.8, 4) is 17.6 Å². The Labute approximate surface area is 203 Å². The van der Waals surface area contributed by atoms with Crippen LogP contribution in [0.5, 0.6) is 11.5 Å². The van der Waals surface area contributed by atoms with Gasteiger partial charge in [-0.25, -0.2) is 0 Å². The van der Waals surface area contributed by atoms with Crippen molar-refractivity contribution in [2.75, 3.05) is 12.4 Å². The highest BCUT2D eigenvalue weighted by atomic mass is 127. The molecule has 1 N–H and O–H groups in total. The summed E-state index contributed by atoms with van der Waals surface area (Å²) in [6.45, 7) is 0.356. The number of rotatable bonds is 7. The monoisotopic (exact) mass is 588 g/mol. The zero-order valence-corrected chi connectivity index (χ0v) is 20.3. The molecule has 0 aliphatic heterocycles. The highest BCUT2D eigenvalue weighted by Crippen LogP contribution is 2.30. The molecule has 0 aliphatic carbocycles. The summed E-state index contributed by atoms with van der Waals surface area (Å²) in [5, 5.41) is 12.2. The van der Waals surface area contributed by atoms with Crippen LogP contribution in [-0.2, 0) is 11.4 Å². The highest BCUT2D eigenvalue weighted by molar-refractivity contribution is 14.1. The van der Waals surface area contributed by atoms with Crippen LogP contribution in [0.3, 0.4) is 0 Å². The van der Waals surface area contributed by atoms with Gasteiger partial charge in [0, 0.05) is 13.7 Å². The number of halogens is 2. The van der Waals surface area contributed by atoms with Gasteiger partial charge in [-0.15, -0.1) is 0 Å². The summed E-state index contributed by atoms with van der Waals surface area (Å²) in [5.41, 5.74) is 2.27. The third-order valence-corrected chi connectivity index (χ3v) is 5.52. The number of benzene rings is 3. The van der Waals surface area contributed by atoms with E-state index in [0.29, 0.717) is 29.4 Å². The standard InChI is InChI=1S/C24H18BrIN2O3/c1-30-22-11-4-17(13-23(22)31-15-16-2-5-19(25)6-3-16)12-18(14-27)24(29)28-21-9-7-20(26)8-10-21/h2-13H,15H2,1H3,(H,28,29)/b18-12+. The van der Waals surface area contributed by atoms with Crippen LogP contribution in [-0.4, -0.2) is 13.0 Å². The first-order valence-electron chi connectivity index (χ1n) is 9.22. The van der Waals surface area contributed by atoms with Crippen LogP contribution in [0.15, 0.2) is 76.8 Å². The number of ether oxygens (including phenoxy) is 2. The number of carbonyl (C=O) groups excluding carboxylic acids is 1. The van der Waals surface area contributed by atoms with Gasteiger partial charge in [0.25, 0.3) is 5.91 Å². The smallest absolute Gasteiger partial charge is 0.266 e. The van der Waals surface area contributed by atoms with Gasteiger partial charge in [0.15, 0.2) is 11.5 Å². The molecule has 0 bridgehead atoms. The van der Waals surface area contributed by atoms with Gasteiger partial charge < -0.3 is 14.8 Å². The predicted octanol–water partition coefficient (Wildman–Crippen LogP) is 6.19. The van der Waals surface area contributed by atoms with Crippen LogP contribution in [0.2, 0.25) is 0 Å². The summed E-state index contributed by atoms with van der Waals surface area (Å²) < 4.78 is 13.4. The number of nitrogens with one attached hydrogen (secondary N) is 1. The van der Waals surface area contributed by atoms with Gasteiger partial charge in [-0.3, -0.25) is 4.79 Å². The topological polar surface area (TPSA) is 71.3 Å². The summed E-state index contributed by atoms with van der Waals surface area (Å²) in [5.74, 6) is 0.613. The fraction of sp³-hybridized carbons (Fsp3) is 0.0833. The maximum Gasteiger partial charge on any atom is 0.266 e. The Hall–Kier alpha value is -2.83. The molecule has 5 nitrogen and oxygen atoms in total. The number of carbonyl (C=O) groups is 1. The Morgan fingerprint density at radius 1 is 1.10 bits per heavy atom. The van der Waals surface area contributed by atoms with E-state index in [1.165, 1.54) is 6.08 Å². The van der Waals surface area contributed by atoms with E-state index in [2.05, 4.69) is 43.8 Å². The molecule has 0 aliphatic rings. The van der Waals surface area contributed by atoms with E-state index in [9.17, 15) is 10.1 Å². The summed E-state index contributed by atoms with van der Waals surface area (Å²) in [4.78, 5) is 12.5. The van der Waals surface area contributed by atoms with Gasteiger partial charge in [0.2, 0.25) is 0 Å². The van der Waals surface area contributed by atoms with Crippen LogP contribution in [0.4, 0.5) is 5.69 Å². The average Bonchev–Trinajstić information content (AvgIpc) is 2.78. The van der Waals surface area contributed by atoms with Crippen molar-refractivity contribution in [2.45, 2.75) is 6.61 Å². The Morgan fingerprint density at radius 3 is 2.45 bits per heavy atom. The maximum atomic E-state index is 12.5. The fourth-order valence-electron chi connectivity index (χ4n) is 2.68. The minimum absolute atomic E-state index is 0.0115. The number of hydrogen-bond acceptors (Lipinski definition) is 4. The Kier molecular flexibility index (Phi) is 8.09. The van der Waals surface area contributed by atoms with Crippen LogP contribution in [0, 0.1) is 14.9 Å². The molecule has 3 rings (SSSR count). The van der Waals surface area contributed by atoms with Crippen molar-refractivity contribution < 1.29 is 14.3 Å². The van der Waals surface area contributed by atoms with Crippen molar-refractivity contribution in [3.05, 3.63) is 91.5 Å². The lowest BCUT2D eigenvalue weighted by Gasteiger charge is -2.12. The van der Waals surface area contributed by atoms with Gasteiger partial charge in [0.05, 0.1) is 7.11 Å². The van der Waals surface area contributed by atoms with E-state index in [0.717, 1.165) is 13.6 Å². The second kappa shape index (κ2) is 11.0. The van der Waals surface area contributed by atoms with Gasteiger partial charge in [-0.05, 0) is 88.3 Å². The number of hydrogen-bond donors (Lipinski definition) is 1. The molecule has 156 valence electrons. The third kappa shape index (κ3) is 6.57. The number of methoxy groups -OCH3 is 1. The van der Waals surface area contributed by atoms with E-state index in [1.54, 1.807) is 37.4 Å². The maximum absolute atomic E-state index is 12.5. The molecule has 3 aromatic rings. The lowest BCUT2D eigenvalue weighted by atomic mass is 10.1. The molecule has 0 atom stereocenters. The minimum atomic E-state index is -0.475. The zero-order chi connectivity index (χ0) is 22.2. The van der Waals surface area contributed by atoms with Gasteiger partial charge >= 0.3 is 0 Å². The van der Waals surface area contributed by atoms with Crippen molar-refractivity contribution >= 4 is 56.2 Å². The molecule has 0 saturated heterocycles. The van der Waals surface area contributed by atoms with E-state index < -0.39 is 5.91 Å². The van der Waals surface area contributed by atoms with Crippen LogP contribution >= 0.6 is 38.5 Å². The lowest BCUT2D eigenvalue weighted by molar-refractivity contribution is -0.112. The first kappa shape index (κ1) is 22.8. The number of amides is 1. The van der Waals surface area contributed by atoms with Crippen molar-refractivity contribution in [1.29, 1.82) is 5.26 Å². The normalized spacial score (nSPS) is 10.8. The second-order valence-corrected chi connectivity index (χ2v) is 8.62. The predicted molar refractivity (Wildman–Crippen MR) is 133 cm³/mol. The van der Waals surface area contributed by atoms with Crippen LogP contribution in [0.1, 0.15) is 11.1 Å². The SMILES string of the molecule is COc1ccc(/C=C(\C#N)C(=O)Nc2ccc(I)cc2)cc1OCc1ccc(Br)cc1. The number of nitriles is 1. The van der Waals surface area contributed by atoms with Gasteiger partial charge in [0.1, 0.15) is 18.2 Å². The molecule has 7 heteroatoms. The molecular formula is C24H18BrIN2O3. The minimum Gasteiger partial charge on any atom is -0.493 e. The third-order valence-electron chi connectivity index (χ3n) is 4.27. The molecule has 3 aromatic carbocycles. The number of nitrogens with zero attached hydrogens (tertiary/aromatic N) is 1.